The van der Waals surface area contributed by atoms with E-state index in [4.69, 9.17) is 10.5 Å². The molecule has 0 saturated carbocycles. The third-order valence-electron chi connectivity index (χ3n) is 3.52. The van der Waals surface area contributed by atoms with E-state index >= 15 is 0 Å². The van der Waals surface area contributed by atoms with E-state index in [2.05, 4.69) is 4.72 Å². The maximum atomic E-state index is 12.3. The summed E-state index contributed by atoms with van der Waals surface area (Å²) in [5.74, 6) is -0.0217. The summed E-state index contributed by atoms with van der Waals surface area (Å²) < 4.78 is 32.7. The smallest absolute Gasteiger partial charge is 0.216 e. The highest BCUT2D eigenvalue weighted by molar-refractivity contribution is 7.88. The van der Waals surface area contributed by atoms with E-state index in [1.165, 1.54) is 0 Å². The number of sulfonamides is 1. The Balaban J connectivity index is 2.03. The van der Waals surface area contributed by atoms with Crippen LogP contribution in [-0.4, -0.2) is 27.2 Å². The molecule has 1 aromatic carbocycles. The fourth-order valence-corrected chi connectivity index (χ4v) is 4.00. The largest absolute Gasteiger partial charge is 0.378 e. The lowest BCUT2D eigenvalue weighted by Gasteiger charge is -2.27. The molecule has 0 amide bonds. The molecule has 1 aliphatic heterocycles. The molecule has 0 aromatic heterocycles. The van der Waals surface area contributed by atoms with Gasteiger partial charge in [0.05, 0.1) is 11.9 Å². The fourth-order valence-electron chi connectivity index (χ4n) is 2.50. The van der Waals surface area contributed by atoms with Crippen LogP contribution in [0.4, 0.5) is 0 Å². The molecule has 2 atom stereocenters. The zero-order valence-corrected chi connectivity index (χ0v) is 12.5. The van der Waals surface area contributed by atoms with Gasteiger partial charge in [-0.3, -0.25) is 0 Å². The summed E-state index contributed by atoms with van der Waals surface area (Å²) in [5.41, 5.74) is 7.28. The van der Waals surface area contributed by atoms with E-state index in [-0.39, 0.29) is 17.9 Å². The van der Waals surface area contributed by atoms with Crippen LogP contribution in [0.5, 0.6) is 0 Å². The minimum atomic E-state index is -3.35. The molecular weight excluding hydrogens is 276 g/mol. The molecule has 1 saturated heterocycles. The van der Waals surface area contributed by atoms with E-state index < -0.39 is 10.0 Å². The third-order valence-corrected chi connectivity index (χ3v) is 4.90. The van der Waals surface area contributed by atoms with Crippen LogP contribution in [0.15, 0.2) is 24.3 Å². The molecule has 1 heterocycles. The quantitative estimate of drug-likeness (QED) is 0.854. The molecule has 0 aliphatic carbocycles. The van der Waals surface area contributed by atoms with Gasteiger partial charge in [-0.2, -0.15) is 0 Å². The van der Waals surface area contributed by atoms with Crippen molar-refractivity contribution in [3.63, 3.8) is 0 Å². The molecule has 1 aliphatic rings. The molecule has 5 nitrogen and oxygen atoms in total. The van der Waals surface area contributed by atoms with Gasteiger partial charge in [-0.05, 0) is 30.9 Å². The van der Waals surface area contributed by atoms with Gasteiger partial charge >= 0.3 is 0 Å². The summed E-state index contributed by atoms with van der Waals surface area (Å²) in [7, 11) is -3.35. The first kappa shape index (κ1) is 15.4. The first-order valence-electron chi connectivity index (χ1n) is 6.88. The zero-order chi connectivity index (χ0) is 14.6. The van der Waals surface area contributed by atoms with Crippen molar-refractivity contribution in [3.05, 3.63) is 35.4 Å². The molecule has 1 aromatic rings. The molecular formula is C14H22N2O3S. The van der Waals surface area contributed by atoms with E-state index in [1.807, 2.05) is 31.2 Å². The second kappa shape index (κ2) is 6.67. The monoisotopic (exact) mass is 298 g/mol. The number of nitrogens with one attached hydrogen (secondary N) is 1. The Morgan fingerprint density at radius 3 is 2.70 bits per heavy atom. The van der Waals surface area contributed by atoms with E-state index in [0.717, 1.165) is 24.0 Å². The molecule has 0 radical (unpaired) electrons. The first-order valence-corrected chi connectivity index (χ1v) is 8.54. The fraction of sp³-hybridized carbons (Fsp3) is 0.571. The highest BCUT2D eigenvalue weighted by Gasteiger charge is 2.24. The average molecular weight is 298 g/mol. The molecule has 112 valence electrons. The third kappa shape index (κ3) is 4.28. The minimum Gasteiger partial charge on any atom is -0.378 e. The van der Waals surface area contributed by atoms with Gasteiger partial charge in [-0.15, -0.1) is 0 Å². The normalized spacial score (nSPS) is 23.7. The van der Waals surface area contributed by atoms with Gasteiger partial charge in [0.25, 0.3) is 0 Å². The van der Waals surface area contributed by atoms with Crippen LogP contribution in [0, 0.1) is 0 Å². The minimum absolute atomic E-state index is 0.0217. The van der Waals surface area contributed by atoms with Crippen LogP contribution < -0.4 is 10.5 Å². The van der Waals surface area contributed by atoms with Crippen LogP contribution in [0.2, 0.25) is 0 Å². The van der Waals surface area contributed by atoms with Gasteiger partial charge < -0.3 is 10.5 Å². The summed E-state index contributed by atoms with van der Waals surface area (Å²) in [6.45, 7) is 2.91. The topological polar surface area (TPSA) is 81.4 Å². The van der Waals surface area contributed by atoms with Crippen molar-refractivity contribution < 1.29 is 13.2 Å². The van der Waals surface area contributed by atoms with Crippen molar-refractivity contribution in [2.45, 2.75) is 44.2 Å². The zero-order valence-electron chi connectivity index (χ0n) is 11.7. The van der Waals surface area contributed by atoms with Crippen molar-refractivity contribution in [1.82, 2.24) is 4.72 Å². The Bertz CT molecular complexity index is 545. The van der Waals surface area contributed by atoms with Crippen molar-refractivity contribution in [2.24, 2.45) is 5.73 Å². The SMILES string of the molecule is CC1CC(NS(=O)(=O)Cc2ccccc2CN)CCO1. The van der Waals surface area contributed by atoms with Crippen molar-refractivity contribution >= 4 is 10.0 Å². The highest BCUT2D eigenvalue weighted by Crippen LogP contribution is 2.16. The standard InChI is InChI=1S/C14H22N2O3S/c1-11-8-14(6-7-19-11)16-20(17,18)10-13-5-3-2-4-12(13)9-15/h2-5,11,14,16H,6-10,15H2,1H3. The van der Waals surface area contributed by atoms with Gasteiger partial charge in [-0.1, -0.05) is 24.3 Å². The van der Waals surface area contributed by atoms with E-state index in [1.54, 1.807) is 0 Å². The summed E-state index contributed by atoms with van der Waals surface area (Å²) in [4.78, 5) is 0. The molecule has 1 fully saturated rings. The Morgan fingerprint density at radius 2 is 2.05 bits per heavy atom. The number of hydrogen-bond acceptors (Lipinski definition) is 4. The number of hydrogen-bond donors (Lipinski definition) is 2. The predicted molar refractivity (Wildman–Crippen MR) is 78.5 cm³/mol. The Morgan fingerprint density at radius 1 is 1.35 bits per heavy atom. The van der Waals surface area contributed by atoms with Crippen LogP contribution in [0.1, 0.15) is 30.9 Å². The van der Waals surface area contributed by atoms with Crippen LogP contribution in [0.3, 0.4) is 0 Å². The predicted octanol–water partition coefficient (Wildman–Crippen LogP) is 1.13. The lowest BCUT2D eigenvalue weighted by Crippen LogP contribution is -2.41. The van der Waals surface area contributed by atoms with Crippen molar-refractivity contribution in [1.29, 1.82) is 0 Å². The van der Waals surface area contributed by atoms with E-state index in [0.29, 0.717) is 13.2 Å². The van der Waals surface area contributed by atoms with Gasteiger partial charge in [0.15, 0.2) is 0 Å². The molecule has 0 spiro atoms. The number of benzene rings is 1. The molecule has 0 bridgehead atoms. The van der Waals surface area contributed by atoms with Crippen LogP contribution in [0.25, 0.3) is 0 Å². The lowest BCUT2D eigenvalue weighted by molar-refractivity contribution is 0.0173. The second-order valence-electron chi connectivity index (χ2n) is 5.25. The first-order chi connectivity index (χ1) is 9.50. The molecule has 6 heteroatoms. The van der Waals surface area contributed by atoms with Crippen molar-refractivity contribution in [3.8, 4) is 0 Å². The molecule has 2 rings (SSSR count). The number of ether oxygens (including phenoxy) is 1. The van der Waals surface area contributed by atoms with E-state index in [9.17, 15) is 8.42 Å². The molecule has 2 unspecified atom stereocenters. The van der Waals surface area contributed by atoms with Crippen LogP contribution in [-0.2, 0) is 27.1 Å². The van der Waals surface area contributed by atoms with Gasteiger partial charge in [0, 0.05) is 19.2 Å². The molecule has 20 heavy (non-hydrogen) atoms. The summed E-state index contributed by atoms with van der Waals surface area (Å²) in [6, 6.07) is 7.34. The highest BCUT2D eigenvalue weighted by atomic mass is 32.2. The van der Waals surface area contributed by atoms with Crippen molar-refractivity contribution in [2.75, 3.05) is 6.61 Å². The molecule has 3 N–H and O–H groups in total. The average Bonchev–Trinajstić information content (AvgIpc) is 2.38. The lowest BCUT2D eigenvalue weighted by atomic mass is 10.1. The van der Waals surface area contributed by atoms with Crippen LogP contribution >= 0.6 is 0 Å². The Labute approximate surface area is 120 Å². The van der Waals surface area contributed by atoms with Gasteiger partial charge in [0.2, 0.25) is 10.0 Å². The van der Waals surface area contributed by atoms with Gasteiger partial charge in [0.1, 0.15) is 0 Å². The second-order valence-corrected chi connectivity index (χ2v) is 7.01. The summed E-state index contributed by atoms with van der Waals surface area (Å²) in [6.07, 6.45) is 1.55. The maximum Gasteiger partial charge on any atom is 0.216 e. The Hall–Kier alpha value is -0.950. The maximum absolute atomic E-state index is 12.3. The number of nitrogens with two attached hydrogens (primary N) is 1. The Kier molecular flexibility index (Phi) is 5.15. The van der Waals surface area contributed by atoms with Gasteiger partial charge in [-0.25, -0.2) is 13.1 Å². The number of rotatable bonds is 5. The summed E-state index contributed by atoms with van der Waals surface area (Å²) in [5, 5.41) is 0. The summed E-state index contributed by atoms with van der Waals surface area (Å²) >= 11 is 0.